The van der Waals surface area contributed by atoms with Crippen molar-refractivity contribution in [1.29, 1.82) is 0 Å². The van der Waals surface area contributed by atoms with E-state index in [4.69, 9.17) is 5.73 Å². The molecule has 0 aromatic heterocycles. The SMILES string of the molecule is CCCCCCC(=O)CC(C)(C)N. The Balaban J connectivity index is 3.41. The van der Waals surface area contributed by atoms with E-state index in [9.17, 15) is 4.79 Å². The first kappa shape index (κ1) is 12.6. The van der Waals surface area contributed by atoms with Gasteiger partial charge in [-0.25, -0.2) is 0 Å². The Morgan fingerprint density at radius 3 is 2.31 bits per heavy atom. The predicted octanol–water partition coefficient (Wildman–Crippen LogP) is 2.65. The maximum atomic E-state index is 11.3. The second kappa shape index (κ2) is 6.14. The van der Waals surface area contributed by atoms with Crippen molar-refractivity contribution < 1.29 is 4.79 Å². The summed E-state index contributed by atoms with van der Waals surface area (Å²) in [6.07, 6.45) is 5.88. The van der Waals surface area contributed by atoms with Crippen LogP contribution in [0.2, 0.25) is 0 Å². The molecule has 0 rings (SSSR count). The van der Waals surface area contributed by atoms with Gasteiger partial charge < -0.3 is 5.73 Å². The highest BCUT2D eigenvalue weighted by atomic mass is 16.1. The number of nitrogens with two attached hydrogens (primary N) is 1. The first-order chi connectivity index (χ1) is 5.95. The van der Waals surface area contributed by atoms with E-state index in [1.165, 1.54) is 19.3 Å². The Kier molecular flexibility index (Phi) is 5.97. The largest absolute Gasteiger partial charge is 0.325 e. The fraction of sp³-hybridized carbons (Fsp3) is 0.909. The first-order valence-corrected chi connectivity index (χ1v) is 5.26. The molecule has 2 nitrogen and oxygen atoms in total. The third-order valence-electron chi connectivity index (χ3n) is 1.96. The number of ketones is 1. The molecule has 0 bridgehead atoms. The van der Waals surface area contributed by atoms with Crippen LogP contribution < -0.4 is 5.73 Å². The van der Waals surface area contributed by atoms with Crippen LogP contribution in [0.25, 0.3) is 0 Å². The molecule has 0 radical (unpaired) electrons. The molecule has 2 N–H and O–H groups in total. The van der Waals surface area contributed by atoms with Crippen LogP contribution in [0.15, 0.2) is 0 Å². The van der Waals surface area contributed by atoms with Gasteiger partial charge in [0.05, 0.1) is 0 Å². The van der Waals surface area contributed by atoms with Gasteiger partial charge in [-0.2, -0.15) is 0 Å². The van der Waals surface area contributed by atoms with Crippen LogP contribution in [-0.4, -0.2) is 11.3 Å². The van der Waals surface area contributed by atoms with E-state index in [0.29, 0.717) is 18.6 Å². The standard InChI is InChI=1S/C11H23NO/c1-4-5-6-7-8-10(13)9-11(2,3)12/h4-9,12H2,1-3H3. The zero-order chi connectivity index (χ0) is 10.3. The number of hydrogen-bond donors (Lipinski definition) is 1. The van der Waals surface area contributed by atoms with E-state index in [-0.39, 0.29) is 5.54 Å². The van der Waals surface area contributed by atoms with Gasteiger partial charge in [0.15, 0.2) is 0 Å². The van der Waals surface area contributed by atoms with Gasteiger partial charge >= 0.3 is 0 Å². The van der Waals surface area contributed by atoms with Crippen LogP contribution in [0.1, 0.15) is 59.3 Å². The lowest BCUT2D eigenvalue weighted by Gasteiger charge is -2.16. The second-order valence-corrected chi connectivity index (χ2v) is 4.51. The molecular formula is C11H23NO. The smallest absolute Gasteiger partial charge is 0.134 e. The second-order valence-electron chi connectivity index (χ2n) is 4.51. The number of rotatable bonds is 7. The van der Waals surface area contributed by atoms with Gasteiger partial charge in [0.1, 0.15) is 5.78 Å². The van der Waals surface area contributed by atoms with Gasteiger partial charge in [0, 0.05) is 18.4 Å². The maximum Gasteiger partial charge on any atom is 0.134 e. The van der Waals surface area contributed by atoms with E-state index in [1.807, 2.05) is 13.8 Å². The summed E-state index contributed by atoms with van der Waals surface area (Å²) in [7, 11) is 0. The Hall–Kier alpha value is -0.370. The molecule has 0 aliphatic rings. The summed E-state index contributed by atoms with van der Waals surface area (Å²) in [5.74, 6) is 0.309. The van der Waals surface area contributed by atoms with Crippen molar-refractivity contribution in [2.24, 2.45) is 5.73 Å². The molecule has 78 valence electrons. The van der Waals surface area contributed by atoms with Crippen LogP contribution in [-0.2, 0) is 4.79 Å². The summed E-state index contributed by atoms with van der Waals surface area (Å²) in [5, 5.41) is 0. The molecule has 0 spiro atoms. The van der Waals surface area contributed by atoms with E-state index in [1.54, 1.807) is 0 Å². The highest BCUT2D eigenvalue weighted by molar-refractivity contribution is 5.79. The lowest BCUT2D eigenvalue weighted by Crippen LogP contribution is -2.34. The van der Waals surface area contributed by atoms with Gasteiger partial charge in [0.25, 0.3) is 0 Å². The molecule has 0 atom stereocenters. The third-order valence-corrected chi connectivity index (χ3v) is 1.96. The molecular weight excluding hydrogens is 162 g/mol. The van der Waals surface area contributed by atoms with Crippen LogP contribution in [0.5, 0.6) is 0 Å². The van der Waals surface area contributed by atoms with Crippen molar-refractivity contribution in [2.45, 2.75) is 64.8 Å². The lowest BCUT2D eigenvalue weighted by molar-refractivity contribution is -0.120. The van der Waals surface area contributed by atoms with E-state index < -0.39 is 0 Å². The van der Waals surface area contributed by atoms with Gasteiger partial charge in [-0.05, 0) is 20.3 Å². The Labute approximate surface area is 81.9 Å². The van der Waals surface area contributed by atoms with Crippen molar-refractivity contribution in [3.05, 3.63) is 0 Å². The molecule has 0 aromatic carbocycles. The van der Waals surface area contributed by atoms with Crippen LogP contribution in [0.3, 0.4) is 0 Å². The molecule has 0 heterocycles. The number of unbranched alkanes of at least 4 members (excludes halogenated alkanes) is 3. The summed E-state index contributed by atoms with van der Waals surface area (Å²) in [4.78, 5) is 11.3. The molecule has 13 heavy (non-hydrogen) atoms. The predicted molar refractivity (Wildman–Crippen MR) is 56.6 cm³/mol. The molecule has 2 heteroatoms. The van der Waals surface area contributed by atoms with Crippen LogP contribution >= 0.6 is 0 Å². The minimum atomic E-state index is -0.332. The maximum absolute atomic E-state index is 11.3. The molecule has 0 aliphatic carbocycles. The summed E-state index contributed by atoms with van der Waals surface area (Å²) in [6, 6.07) is 0. The van der Waals surface area contributed by atoms with Crippen molar-refractivity contribution >= 4 is 5.78 Å². The zero-order valence-corrected chi connectivity index (χ0v) is 9.23. The Morgan fingerprint density at radius 1 is 1.23 bits per heavy atom. The van der Waals surface area contributed by atoms with Gasteiger partial charge in [-0.15, -0.1) is 0 Å². The van der Waals surface area contributed by atoms with Crippen molar-refractivity contribution in [1.82, 2.24) is 0 Å². The average Bonchev–Trinajstić information content (AvgIpc) is 1.94. The minimum absolute atomic E-state index is 0.309. The number of Topliss-reactive ketones (excluding diaryl/α,β-unsaturated/α-hetero) is 1. The number of carbonyl (C=O) groups is 1. The molecule has 0 amide bonds. The number of carbonyl (C=O) groups excluding carboxylic acids is 1. The summed E-state index contributed by atoms with van der Waals surface area (Å²) in [5.41, 5.74) is 5.41. The fourth-order valence-electron chi connectivity index (χ4n) is 1.35. The van der Waals surface area contributed by atoms with Crippen molar-refractivity contribution in [2.75, 3.05) is 0 Å². The molecule has 0 unspecified atom stereocenters. The van der Waals surface area contributed by atoms with Gasteiger partial charge in [-0.3, -0.25) is 4.79 Å². The topological polar surface area (TPSA) is 43.1 Å². The monoisotopic (exact) mass is 185 g/mol. The summed E-state index contributed by atoms with van der Waals surface area (Å²) in [6.45, 7) is 5.97. The number of hydrogen-bond acceptors (Lipinski definition) is 2. The highest BCUT2D eigenvalue weighted by Crippen LogP contribution is 2.09. The van der Waals surface area contributed by atoms with Crippen molar-refractivity contribution in [3.63, 3.8) is 0 Å². The zero-order valence-electron chi connectivity index (χ0n) is 9.23. The lowest BCUT2D eigenvalue weighted by atomic mass is 9.96. The molecule has 0 saturated carbocycles. The normalized spacial score (nSPS) is 11.7. The quantitative estimate of drug-likeness (QED) is 0.620. The Morgan fingerprint density at radius 2 is 1.85 bits per heavy atom. The average molecular weight is 185 g/mol. The fourth-order valence-corrected chi connectivity index (χ4v) is 1.35. The van der Waals surface area contributed by atoms with E-state index >= 15 is 0 Å². The minimum Gasteiger partial charge on any atom is -0.325 e. The van der Waals surface area contributed by atoms with Crippen molar-refractivity contribution in [3.8, 4) is 0 Å². The third kappa shape index (κ3) is 9.54. The Bertz CT molecular complexity index is 147. The van der Waals surface area contributed by atoms with Gasteiger partial charge in [-0.1, -0.05) is 26.2 Å². The van der Waals surface area contributed by atoms with Gasteiger partial charge in [0.2, 0.25) is 0 Å². The van der Waals surface area contributed by atoms with Crippen LogP contribution in [0.4, 0.5) is 0 Å². The molecule has 0 fully saturated rings. The van der Waals surface area contributed by atoms with Crippen LogP contribution in [0, 0.1) is 0 Å². The molecule has 0 aliphatic heterocycles. The molecule has 0 aromatic rings. The van der Waals surface area contributed by atoms with E-state index in [2.05, 4.69) is 6.92 Å². The highest BCUT2D eigenvalue weighted by Gasteiger charge is 2.15. The summed E-state index contributed by atoms with van der Waals surface area (Å²) >= 11 is 0. The van der Waals surface area contributed by atoms with E-state index in [0.717, 1.165) is 6.42 Å². The first-order valence-electron chi connectivity index (χ1n) is 5.26. The summed E-state index contributed by atoms with van der Waals surface area (Å²) < 4.78 is 0. The molecule has 0 saturated heterocycles.